The first-order valence-electron chi connectivity index (χ1n) is 9.28. The second-order valence-electron chi connectivity index (χ2n) is 6.82. The summed E-state index contributed by atoms with van der Waals surface area (Å²) >= 11 is 0. The number of nitro benzene ring substituents is 1. The third-order valence-corrected chi connectivity index (χ3v) is 5.64. The number of aromatic nitrogens is 2. The van der Waals surface area contributed by atoms with Crippen molar-refractivity contribution in [1.29, 1.82) is 0 Å². The van der Waals surface area contributed by atoms with E-state index in [2.05, 4.69) is 15.7 Å². The van der Waals surface area contributed by atoms with Crippen LogP contribution in [0, 0.1) is 17.0 Å². The number of nitrogens with zero attached hydrogens (tertiary/aromatic N) is 3. The molecule has 3 aromatic rings. The van der Waals surface area contributed by atoms with Crippen molar-refractivity contribution in [2.75, 3.05) is 24.7 Å². The number of nitro groups is 1. The van der Waals surface area contributed by atoms with Gasteiger partial charge in [0.15, 0.2) is 9.84 Å². The van der Waals surface area contributed by atoms with E-state index >= 15 is 0 Å². The van der Waals surface area contributed by atoms with Gasteiger partial charge in [0.25, 0.3) is 11.6 Å². The van der Waals surface area contributed by atoms with Crippen LogP contribution < -0.4 is 10.6 Å². The molecule has 1 aromatic heterocycles. The highest BCUT2D eigenvalue weighted by Crippen LogP contribution is 2.27. The van der Waals surface area contributed by atoms with Crippen LogP contribution in [0.15, 0.2) is 59.6 Å². The summed E-state index contributed by atoms with van der Waals surface area (Å²) in [4.78, 5) is 22.8. The summed E-state index contributed by atoms with van der Waals surface area (Å²) in [5.41, 5.74) is 2.11. The lowest BCUT2D eigenvalue weighted by Gasteiger charge is -2.10. The number of hydrogen-bond donors (Lipinski definition) is 2. The summed E-state index contributed by atoms with van der Waals surface area (Å²) in [6, 6.07) is 12.5. The normalized spacial score (nSPS) is 11.2. The summed E-state index contributed by atoms with van der Waals surface area (Å²) in [5.74, 6) is -0.285. The molecular formula is C20H21N5O5S. The minimum atomic E-state index is -3.56. The van der Waals surface area contributed by atoms with Crippen LogP contribution >= 0.6 is 0 Å². The van der Waals surface area contributed by atoms with E-state index in [9.17, 15) is 23.3 Å². The summed E-state index contributed by atoms with van der Waals surface area (Å²) < 4.78 is 25.0. The van der Waals surface area contributed by atoms with Gasteiger partial charge >= 0.3 is 0 Å². The van der Waals surface area contributed by atoms with Gasteiger partial charge in [0.2, 0.25) is 0 Å². The number of anilines is 1. The Morgan fingerprint density at radius 3 is 2.42 bits per heavy atom. The quantitative estimate of drug-likeness (QED) is 0.310. The van der Waals surface area contributed by atoms with Gasteiger partial charge in [-0.3, -0.25) is 14.9 Å². The van der Waals surface area contributed by atoms with E-state index < -0.39 is 14.8 Å². The average Bonchev–Trinajstić information content (AvgIpc) is 3.16. The molecule has 3 rings (SSSR count). The number of carbonyl (C=O) groups excluding carboxylic acids is 1. The van der Waals surface area contributed by atoms with Crippen LogP contribution in [0.5, 0.6) is 0 Å². The number of carbonyl (C=O) groups is 1. The molecule has 0 unspecified atom stereocenters. The molecule has 0 aliphatic carbocycles. The van der Waals surface area contributed by atoms with E-state index in [1.165, 1.54) is 12.1 Å². The van der Waals surface area contributed by atoms with Gasteiger partial charge in [-0.1, -0.05) is 0 Å². The molecule has 0 fully saturated rings. The molecule has 1 heterocycles. The zero-order valence-corrected chi connectivity index (χ0v) is 17.7. The molecule has 0 bridgehead atoms. The Morgan fingerprint density at radius 1 is 1.13 bits per heavy atom. The van der Waals surface area contributed by atoms with Crippen molar-refractivity contribution in [3.05, 3.63) is 76.1 Å². The third-order valence-electron chi connectivity index (χ3n) is 4.53. The van der Waals surface area contributed by atoms with Gasteiger partial charge in [-0.05, 0) is 49.4 Å². The molecule has 0 aliphatic rings. The Kier molecular flexibility index (Phi) is 6.35. The van der Waals surface area contributed by atoms with E-state index in [0.717, 1.165) is 23.7 Å². The summed E-state index contributed by atoms with van der Waals surface area (Å²) in [6.45, 7) is 2.36. The van der Waals surface area contributed by atoms with E-state index in [0.29, 0.717) is 5.56 Å². The minimum absolute atomic E-state index is 0.133. The van der Waals surface area contributed by atoms with Crippen molar-refractivity contribution < 1.29 is 18.1 Å². The standard InChI is InChI=1S/C20H21N5O5S/c1-14-9-10-23-24(14)16-5-3-15(4-6-16)20(26)22-12-11-21-18-8-7-17(31(2,29)30)13-19(18)25(27)28/h3-10,13,21H,11-12H2,1-2H3,(H,22,26). The topological polar surface area (TPSA) is 136 Å². The number of hydrogen-bond acceptors (Lipinski definition) is 7. The van der Waals surface area contributed by atoms with Gasteiger partial charge in [0, 0.05) is 42.9 Å². The number of nitrogens with one attached hydrogen (secondary N) is 2. The molecule has 31 heavy (non-hydrogen) atoms. The highest BCUT2D eigenvalue weighted by Gasteiger charge is 2.18. The van der Waals surface area contributed by atoms with Crippen LogP contribution in [0.3, 0.4) is 0 Å². The first kappa shape index (κ1) is 22.0. The number of rotatable bonds is 8. The maximum absolute atomic E-state index is 12.3. The molecule has 0 saturated heterocycles. The van der Waals surface area contributed by atoms with Gasteiger partial charge in [-0.25, -0.2) is 13.1 Å². The molecule has 11 heteroatoms. The molecule has 1 amide bonds. The van der Waals surface area contributed by atoms with Crippen LogP contribution in [0.1, 0.15) is 16.1 Å². The number of aryl methyl sites for hydroxylation is 1. The predicted molar refractivity (Wildman–Crippen MR) is 115 cm³/mol. The van der Waals surface area contributed by atoms with E-state index in [-0.39, 0.29) is 35.3 Å². The lowest BCUT2D eigenvalue weighted by molar-refractivity contribution is -0.384. The molecule has 0 spiro atoms. The summed E-state index contributed by atoms with van der Waals surface area (Å²) in [7, 11) is -3.56. The molecule has 0 aliphatic heterocycles. The van der Waals surface area contributed by atoms with Gasteiger partial charge in [-0.15, -0.1) is 0 Å². The molecule has 2 aromatic carbocycles. The molecule has 162 valence electrons. The minimum Gasteiger partial charge on any atom is -0.378 e. The van der Waals surface area contributed by atoms with Crippen molar-refractivity contribution in [1.82, 2.24) is 15.1 Å². The Hall–Kier alpha value is -3.73. The monoisotopic (exact) mass is 443 g/mol. The zero-order valence-electron chi connectivity index (χ0n) is 16.9. The molecule has 10 nitrogen and oxygen atoms in total. The van der Waals surface area contributed by atoms with Crippen LogP contribution in [0.2, 0.25) is 0 Å². The Labute approximate surface area is 179 Å². The smallest absolute Gasteiger partial charge is 0.293 e. The van der Waals surface area contributed by atoms with Crippen molar-refractivity contribution in [3.63, 3.8) is 0 Å². The number of benzene rings is 2. The van der Waals surface area contributed by atoms with Crippen LogP contribution in [0.25, 0.3) is 5.69 Å². The highest BCUT2D eigenvalue weighted by molar-refractivity contribution is 7.90. The molecule has 0 atom stereocenters. The van der Waals surface area contributed by atoms with Crippen molar-refractivity contribution in [3.8, 4) is 5.69 Å². The van der Waals surface area contributed by atoms with E-state index in [1.54, 1.807) is 35.1 Å². The Balaban J connectivity index is 1.58. The van der Waals surface area contributed by atoms with Gasteiger partial charge < -0.3 is 10.6 Å². The van der Waals surface area contributed by atoms with Crippen molar-refractivity contribution in [2.24, 2.45) is 0 Å². The molecule has 0 saturated carbocycles. The summed E-state index contributed by atoms with van der Waals surface area (Å²) in [6.07, 6.45) is 2.68. The lowest BCUT2D eigenvalue weighted by atomic mass is 10.2. The van der Waals surface area contributed by atoms with Gasteiger partial charge in [0.1, 0.15) is 5.69 Å². The Bertz CT molecular complexity index is 1220. The fourth-order valence-corrected chi connectivity index (χ4v) is 3.55. The van der Waals surface area contributed by atoms with Crippen LogP contribution in [-0.2, 0) is 9.84 Å². The summed E-state index contributed by atoms with van der Waals surface area (Å²) in [5, 5.41) is 21.1. The molecule has 0 radical (unpaired) electrons. The highest BCUT2D eigenvalue weighted by atomic mass is 32.2. The largest absolute Gasteiger partial charge is 0.378 e. The third kappa shape index (κ3) is 5.25. The fraction of sp³-hybridized carbons (Fsp3) is 0.200. The Morgan fingerprint density at radius 2 is 1.84 bits per heavy atom. The van der Waals surface area contributed by atoms with Crippen LogP contribution in [0.4, 0.5) is 11.4 Å². The second kappa shape index (κ2) is 8.96. The van der Waals surface area contributed by atoms with Crippen LogP contribution in [-0.4, -0.2) is 48.4 Å². The van der Waals surface area contributed by atoms with Crippen molar-refractivity contribution >= 4 is 27.1 Å². The number of sulfone groups is 1. The predicted octanol–water partition coefficient (Wildman–Crippen LogP) is 2.33. The van der Waals surface area contributed by atoms with Gasteiger partial charge in [-0.2, -0.15) is 5.10 Å². The van der Waals surface area contributed by atoms with E-state index in [1.807, 2.05) is 13.0 Å². The SMILES string of the molecule is Cc1ccnn1-c1ccc(C(=O)NCCNc2ccc(S(C)(=O)=O)cc2[N+](=O)[O-])cc1. The van der Waals surface area contributed by atoms with Crippen molar-refractivity contribution in [2.45, 2.75) is 11.8 Å². The first-order chi connectivity index (χ1) is 14.7. The zero-order chi connectivity index (χ0) is 22.6. The fourth-order valence-electron chi connectivity index (χ4n) is 2.91. The first-order valence-corrected chi connectivity index (χ1v) is 11.2. The molecule has 2 N–H and O–H groups in total. The maximum Gasteiger partial charge on any atom is 0.293 e. The average molecular weight is 443 g/mol. The lowest BCUT2D eigenvalue weighted by Crippen LogP contribution is -2.28. The second-order valence-corrected chi connectivity index (χ2v) is 8.84. The maximum atomic E-state index is 12.3. The number of amides is 1. The van der Waals surface area contributed by atoms with Gasteiger partial charge in [0.05, 0.1) is 15.5 Å². The van der Waals surface area contributed by atoms with E-state index in [4.69, 9.17) is 0 Å². The molecular weight excluding hydrogens is 422 g/mol.